The third-order valence-electron chi connectivity index (χ3n) is 2.08. The second kappa shape index (κ2) is 7.62. The van der Waals surface area contributed by atoms with Crippen LogP contribution in [0.5, 0.6) is 6.01 Å². The molecule has 0 saturated heterocycles. The maximum absolute atomic E-state index is 5.29. The van der Waals surface area contributed by atoms with Gasteiger partial charge in [-0.1, -0.05) is 0 Å². The Balaban J connectivity index is 2.55. The summed E-state index contributed by atoms with van der Waals surface area (Å²) in [5.74, 6) is 6.03. The Kier molecular flexibility index (Phi) is 6.09. The minimum atomic E-state index is 0.260. The van der Waals surface area contributed by atoms with E-state index >= 15 is 0 Å². The molecule has 4 N–H and O–H groups in total. The summed E-state index contributed by atoms with van der Waals surface area (Å²) < 4.78 is 5.23. The summed E-state index contributed by atoms with van der Waals surface area (Å²) in [5.41, 5.74) is 2.38. The Labute approximate surface area is 107 Å². The van der Waals surface area contributed by atoms with Crippen molar-refractivity contribution >= 4 is 11.9 Å². The smallest absolute Gasteiger partial charge is 0.323 e. The summed E-state index contributed by atoms with van der Waals surface area (Å²) in [5, 5.41) is 3.11. The predicted octanol–water partition coefficient (Wildman–Crippen LogP) is -0.0805. The van der Waals surface area contributed by atoms with Gasteiger partial charge in [0.2, 0.25) is 11.9 Å². The summed E-state index contributed by atoms with van der Waals surface area (Å²) in [7, 11) is 4.07. The number of hydrogen-bond donors (Lipinski definition) is 3. The number of nitrogen functional groups attached to an aromatic ring is 1. The van der Waals surface area contributed by atoms with Crippen molar-refractivity contribution in [3.63, 3.8) is 0 Å². The van der Waals surface area contributed by atoms with E-state index in [2.05, 4.69) is 30.6 Å². The molecule has 0 aliphatic rings. The minimum absolute atomic E-state index is 0.260. The van der Waals surface area contributed by atoms with E-state index in [-0.39, 0.29) is 12.0 Å². The van der Waals surface area contributed by atoms with E-state index in [1.165, 1.54) is 0 Å². The molecule has 8 heteroatoms. The first-order chi connectivity index (χ1) is 8.65. The van der Waals surface area contributed by atoms with Crippen LogP contribution in [0.25, 0.3) is 0 Å². The van der Waals surface area contributed by atoms with Crippen LogP contribution in [0.4, 0.5) is 11.9 Å². The maximum Gasteiger partial charge on any atom is 0.323 e. The molecule has 0 bridgehead atoms. The summed E-state index contributed by atoms with van der Waals surface area (Å²) in [6, 6.07) is 0.260. The van der Waals surface area contributed by atoms with Crippen LogP contribution >= 0.6 is 0 Å². The molecule has 0 aliphatic heterocycles. The summed E-state index contributed by atoms with van der Waals surface area (Å²) in [4.78, 5) is 14.3. The van der Waals surface area contributed by atoms with Crippen LogP contribution < -0.4 is 21.3 Å². The largest absolute Gasteiger partial charge is 0.464 e. The normalized spacial score (nSPS) is 10.5. The molecule has 1 aromatic rings. The molecule has 0 atom stereocenters. The maximum atomic E-state index is 5.29. The Morgan fingerprint density at radius 1 is 1.22 bits per heavy atom. The van der Waals surface area contributed by atoms with Gasteiger partial charge in [-0.2, -0.15) is 15.0 Å². The molecule has 102 valence electrons. The fourth-order valence-electron chi connectivity index (χ4n) is 1.29. The number of nitrogens with one attached hydrogen (secondary N) is 2. The van der Waals surface area contributed by atoms with Gasteiger partial charge in [0.25, 0.3) is 0 Å². The van der Waals surface area contributed by atoms with Crippen molar-refractivity contribution in [2.24, 2.45) is 5.84 Å². The van der Waals surface area contributed by atoms with Crippen LogP contribution in [-0.2, 0) is 0 Å². The first-order valence-corrected chi connectivity index (χ1v) is 5.89. The third-order valence-corrected chi connectivity index (χ3v) is 2.08. The lowest BCUT2D eigenvalue weighted by Crippen LogP contribution is -2.18. The Hall–Kier alpha value is -1.67. The van der Waals surface area contributed by atoms with Gasteiger partial charge in [-0.25, -0.2) is 5.84 Å². The number of nitrogens with zero attached hydrogens (tertiary/aromatic N) is 4. The summed E-state index contributed by atoms with van der Waals surface area (Å²) in [6.45, 7) is 4.13. The Morgan fingerprint density at radius 2 is 1.94 bits per heavy atom. The zero-order chi connectivity index (χ0) is 13.4. The van der Waals surface area contributed by atoms with Gasteiger partial charge >= 0.3 is 6.01 Å². The SMILES string of the molecule is CCOc1nc(NN)nc(NCCCN(C)C)n1. The minimum Gasteiger partial charge on any atom is -0.464 e. The first-order valence-electron chi connectivity index (χ1n) is 5.89. The van der Waals surface area contributed by atoms with Gasteiger partial charge in [0.15, 0.2) is 0 Å². The van der Waals surface area contributed by atoms with Crippen LogP contribution in [0.2, 0.25) is 0 Å². The van der Waals surface area contributed by atoms with Crippen molar-refractivity contribution in [3.8, 4) is 6.01 Å². The molecule has 1 aromatic heterocycles. The van der Waals surface area contributed by atoms with Gasteiger partial charge in [0.05, 0.1) is 6.61 Å². The van der Waals surface area contributed by atoms with Gasteiger partial charge in [0.1, 0.15) is 0 Å². The molecular formula is C10H21N7O. The van der Waals surface area contributed by atoms with Gasteiger partial charge in [-0.15, -0.1) is 0 Å². The average molecular weight is 255 g/mol. The molecule has 0 aliphatic carbocycles. The van der Waals surface area contributed by atoms with Crippen LogP contribution in [0.3, 0.4) is 0 Å². The fourth-order valence-corrected chi connectivity index (χ4v) is 1.29. The van der Waals surface area contributed by atoms with Crippen molar-refractivity contribution in [2.75, 3.05) is 44.5 Å². The van der Waals surface area contributed by atoms with Crippen molar-refractivity contribution in [1.29, 1.82) is 0 Å². The van der Waals surface area contributed by atoms with Crippen molar-refractivity contribution in [1.82, 2.24) is 19.9 Å². The van der Waals surface area contributed by atoms with Crippen molar-refractivity contribution in [2.45, 2.75) is 13.3 Å². The summed E-state index contributed by atoms with van der Waals surface area (Å²) in [6.07, 6.45) is 0.994. The lowest BCUT2D eigenvalue weighted by molar-refractivity contribution is 0.312. The van der Waals surface area contributed by atoms with E-state index in [1.54, 1.807) is 0 Å². The van der Waals surface area contributed by atoms with Gasteiger partial charge in [0, 0.05) is 6.54 Å². The molecule has 0 amide bonds. The molecule has 0 saturated carbocycles. The van der Waals surface area contributed by atoms with Crippen molar-refractivity contribution < 1.29 is 4.74 Å². The second-order valence-electron chi connectivity index (χ2n) is 3.93. The third kappa shape index (κ3) is 5.11. The van der Waals surface area contributed by atoms with Crippen LogP contribution in [0, 0.1) is 0 Å². The molecule has 0 spiro atoms. The highest BCUT2D eigenvalue weighted by molar-refractivity contribution is 5.34. The number of hydrogen-bond acceptors (Lipinski definition) is 8. The predicted molar refractivity (Wildman–Crippen MR) is 70.5 cm³/mol. The fraction of sp³-hybridized carbons (Fsp3) is 0.700. The summed E-state index contributed by atoms with van der Waals surface area (Å²) >= 11 is 0. The topological polar surface area (TPSA) is 101 Å². The highest BCUT2D eigenvalue weighted by atomic mass is 16.5. The van der Waals surface area contributed by atoms with E-state index < -0.39 is 0 Å². The number of anilines is 2. The number of hydrazine groups is 1. The molecular weight excluding hydrogens is 234 g/mol. The monoisotopic (exact) mass is 255 g/mol. The van der Waals surface area contributed by atoms with E-state index in [0.717, 1.165) is 19.5 Å². The number of rotatable bonds is 8. The second-order valence-corrected chi connectivity index (χ2v) is 3.93. The zero-order valence-electron chi connectivity index (χ0n) is 11.1. The Bertz CT molecular complexity index is 358. The number of ether oxygens (including phenoxy) is 1. The lowest BCUT2D eigenvalue weighted by Gasteiger charge is -2.10. The average Bonchev–Trinajstić information content (AvgIpc) is 2.34. The van der Waals surface area contributed by atoms with Gasteiger partial charge < -0.3 is 15.0 Å². The number of aromatic nitrogens is 3. The van der Waals surface area contributed by atoms with E-state index in [4.69, 9.17) is 10.6 Å². The van der Waals surface area contributed by atoms with E-state index in [0.29, 0.717) is 12.6 Å². The molecule has 0 radical (unpaired) electrons. The van der Waals surface area contributed by atoms with E-state index in [9.17, 15) is 0 Å². The van der Waals surface area contributed by atoms with Crippen molar-refractivity contribution in [3.05, 3.63) is 0 Å². The molecule has 0 fully saturated rings. The van der Waals surface area contributed by atoms with Gasteiger partial charge in [-0.05, 0) is 34.0 Å². The van der Waals surface area contributed by atoms with Crippen LogP contribution in [0.1, 0.15) is 13.3 Å². The zero-order valence-corrected chi connectivity index (χ0v) is 11.1. The van der Waals surface area contributed by atoms with Crippen LogP contribution in [0.15, 0.2) is 0 Å². The molecule has 0 aromatic carbocycles. The first kappa shape index (κ1) is 14.4. The van der Waals surface area contributed by atoms with Gasteiger partial charge in [-0.3, -0.25) is 5.43 Å². The molecule has 0 unspecified atom stereocenters. The molecule has 18 heavy (non-hydrogen) atoms. The van der Waals surface area contributed by atoms with E-state index in [1.807, 2.05) is 21.0 Å². The quantitative estimate of drug-likeness (QED) is 0.337. The highest BCUT2D eigenvalue weighted by Gasteiger charge is 2.05. The molecule has 8 nitrogen and oxygen atoms in total. The standard InChI is InChI=1S/C10H21N7O/c1-4-18-10-14-8(13-9(15-10)16-11)12-6-5-7-17(2)3/h4-7,11H2,1-3H3,(H2,12,13,14,15,16). The molecule has 1 rings (SSSR count). The van der Waals surface area contributed by atoms with Crippen LogP contribution in [-0.4, -0.2) is 53.6 Å². The lowest BCUT2D eigenvalue weighted by atomic mass is 10.4. The Morgan fingerprint density at radius 3 is 2.56 bits per heavy atom. The molecule has 1 heterocycles. The highest BCUT2D eigenvalue weighted by Crippen LogP contribution is 2.10. The number of nitrogens with two attached hydrogens (primary N) is 1.